The summed E-state index contributed by atoms with van der Waals surface area (Å²) in [6.45, 7) is 7.72. The van der Waals surface area contributed by atoms with Crippen molar-refractivity contribution in [2.75, 3.05) is 13.1 Å². The van der Waals surface area contributed by atoms with Crippen LogP contribution in [0.5, 0.6) is 0 Å². The molecule has 0 N–H and O–H groups in total. The first-order chi connectivity index (χ1) is 8.59. The number of carbonyl (C=O) groups excluding carboxylic acids is 1. The summed E-state index contributed by atoms with van der Waals surface area (Å²) >= 11 is 0. The largest absolute Gasteiger partial charge is 0.383 e. The monoisotopic (exact) mass is 285 g/mol. The number of alkyl halides is 4. The SMILES string of the molecule is CC(C)CCN(CCC(C)C)C(=O)C(F)(F)C(F)F. The standard InChI is InChI=1S/C13H23F4NO/c1-9(2)5-7-18(8-6-10(3)4)12(19)13(16,17)11(14)15/h9-11H,5-8H2,1-4H3. The minimum absolute atomic E-state index is 0.0888. The Kier molecular flexibility index (Phi) is 7.37. The quantitative estimate of drug-likeness (QED) is 0.621. The van der Waals surface area contributed by atoms with Crippen LogP contribution in [0.4, 0.5) is 17.6 Å². The molecule has 0 unspecified atom stereocenters. The van der Waals surface area contributed by atoms with Crippen LogP contribution in [0.15, 0.2) is 0 Å². The third kappa shape index (κ3) is 6.25. The molecule has 0 atom stereocenters. The number of nitrogens with zero attached hydrogens (tertiary/aromatic N) is 1. The first-order valence-electron chi connectivity index (χ1n) is 6.54. The van der Waals surface area contributed by atoms with Gasteiger partial charge in [-0.3, -0.25) is 4.79 Å². The molecule has 2 nitrogen and oxygen atoms in total. The predicted octanol–water partition coefficient (Wildman–Crippen LogP) is 3.81. The van der Waals surface area contributed by atoms with E-state index >= 15 is 0 Å². The number of halogens is 4. The van der Waals surface area contributed by atoms with Gasteiger partial charge < -0.3 is 4.90 Å². The van der Waals surface area contributed by atoms with Crippen molar-refractivity contribution in [3.63, 3.8) is 0 Å². The smallest absolute Gasteiger partial charge is 0.337 e. The molecule has 0 aromatic rings. The van der Waals surface area contributed by atoms with Crippen LogP contribution in [0.3, 0.4) is 0 Å². The molecule has 0 rings (SSSR count). The zero-order valence-corrected chi connectivity index (χ0v) is 11.9. The van der Waals surface area contributed by atoms with E-state index in [0.717, 1.165) is 4.90 Å². The number of hydrogen-bond acceptors (Lipinski definition) is 1. The summed E-state index contributed by atoms with van der Waals surface area (Å²) in [6, 6.07) is 0. The number of rotatable bonds is 8. The van der Waals surface area contributed by atoms with Gasteiger partial charge in [0.2, 0.25) is 0 Å². The van der Waals surface area contributed by atoms with Gasteiger partial charge in [-0.2, -0.15) is 8.78 Å². The summed E-state index contributed by atoms with van der Waals surface area (Å²) in [7, 11) is 0. The molecule has 0 aliphatic heterocycles. The Morgan fingerprint density at radius 1 is 1.00 bits per heavy atom. The molecule has 0 saturated heterocycles. The molecule has 0 bridgehead atoms. The maximum atomic E-state index is 13.1. The Labute approximate surface area is 112 Å². The Morgan fingerprint density at radius 3 is 1.63 bits per heavy atom. The van der Waals surface area contributed by atoms with Crippen LogP contribution >= 0.6 is 0 Å². The maximum absolute atomic E-state index is 13.1. The minimum Gasteiger partial charge on any atom is -0.337 e. The first kappa shape index (κ1) is 18.2. The van der Waals surface area contributed by atoms with Gasteiger partial charge in [0, 0.05) is 13.1 Å². The molecule has 0 heterocycles. The van der Waals surface area contributed by atoms with Crippen molar-refractivity contribution in [2.24, 2.45) is 11.8 Å². The first-order valence-corrected chi connectivity index (χ1v) is 6.54. The summed E-state index contributed by atoms with van der Waals surface area (Å²) in [4.78, 5) is 12.4. The van der Waals surface area contributed by atoms with Gasteiger partial charge in [0.25, 0.3) is 5.91 Å². The highest BCUT2D eigenvalue weighted by Crippen LogP contribution is 2.26. The summed E-state index contributed by atoms with van der Waals surface area (Å²) in [6.07, 6.45) is -2.92. The Bertz CT molecular complexity index is 268. The number of amides is 1. The number of carbonyl (C=O) groups is 1. The summed E-state index contributed by atoms with van der Waals surface area (Å²) in [5, 5.41) is 0. The highest BCUT2D eigenvalue weighted by atomic mass is 19.3. The van der Waals surface area contributed by atoms with E-state index in [1.165, 1.54) is 0 Å². The Morgan fingerprint density at radius 2 is 1.37 bits per heavy atom. The van der Waals surface area contributed by atoms with E-state index in [-0.39, 0.29) is 24.9 Å². The van der Waals surface area contributed by atoms with Crippen molar-refractivity contribution in [3.8, 4) is 0 Å². The van der Waals surface area contributed by atoms with Crippen molar-refractivity contribution in [3.05, 3.63) is 0 Å². The van der Waals surface area contributed by atoms with E-state index in [2.05, 4.69) is 0 Å². The second-order valence-electron chi connectivity index (χ2n) is 5.58. The summed E-state index contributed by atoms with van der Waals surface area (Å²) < 4.78 is 50.6. The lowest BCUT2D eigenvalue weighted by atomic mass is 10.1. The van der Waals surface area contributed by atoms with Gasteiger partial charge in [0.15, 0.2) is 0 Å². The van der Waals surface area contributed by atoms with Gasteiger partial charge in [-0.05, 0) is 24.7 Å². The van der Waals surface area contributed by atoms with E-state index in [1.807, 2.05) is 27.7 Å². The van der Waals surface area contributed by atoms with Gasteiger partial charge >= 0.3 is 12.3 Å². The van der Waals surface area contributed by atoms with Crippen LogP contribution in [0, 0.1) is 11.8 Å². The third-order valence-corrected chi connectivity index (χ3v) is 2.80. The third-order valence-electron chi connectivity index (χ3n) is 2.80. The Hall–Kier alpha value is -0.810. The van der Waals surface area contributed by atoms with Crippen LogP contribution in [0.25, 0.3) is 0 Å². The van der Waals surface area contributed by atoms with Crippen LogP contribution < -0.4 is 0 Å². The van der Waals surface area contributed by atoms with Crippen LogP contribution in [-0.2, 0) is 4.79 Å². The molecule has 0 aliphatic rings. The van der Waals surface area contributed by atoms with Crippen LogP contribution in [0.1, 0.15) is 40.5 Å². The zero-order valence-electron chi connectivity index (χ0n) is 11.9. The lowest BCUT2D eigenvalue weighted by Gasteiger charge is -2.28. The Balaban J connectivity index is 4.75. The molecule has 114 valence electrons. The average Bonchev–Trinajstić information content (AvgIpc) is 2.27. The molecule has 0 saturated carbocycles. The second-order valence-corrected chi connectivity index (χ2v) is 5.58. The lowest BCUT2D eigenvalue weighted by Crippen LogP contribution is -2.48. The van der Waals surface area contributed by atoms with E-state index in [4.69, 9.17) is 0 Å². The molecule has 0 radical (unpaired) electrons. The van der Waals surface area contributed by atoms with Crippen molar-refractivity contribution >= 4 is 5.91 Å². The molecule has 1 amide bonds. The lowest BCUT2D eigenvalue weighted by molar-refractivity contribution is -0.180. The minimum atomic E-state index is -4.59. The van der Waals surface area contributed by atoms with Gasteiger partial charge in [0.1, 0.15) is 0 Å². The maximum Gasteiger partial charge on any atom is 0.383 e. The topological polar surface area (TPSA) is 20.3 Å². The number of hydrogen-bond donors (Lipinski definition) is 0. The predicted molar refractivity (Wildman–Crippen MR) is 66.4 cm³/mol. The fourth-order valence-electron chi connectivity index (χ4n) is 1.45. The zero-order chi connectivity index (χ0) is 15.2. The molecule has 0 aromatic carbocycles. The summed E-state index contributed by atoms with van der Waals surface area (Å²) in [5.74, 6) is -5.92. The molecule has 6 heteroatoms. The van der Waals surface area contributed by atoms with Crippen molar-refractivity contribution in [1.82, 2.24) is 4.90 Å². The highest BCUT2D eigenvalue weighted by Gasteiger charge is 2.50. The fraction of sp³-hybridized carbons (Fsp3) is 0.923. The molecular formula is C13H23F4NO. The van der Waals surface area contributed by atoms with Crippen molar-refractivity contribution in [2.45, 2.75) is 52.9 Å². The van der Waals surface area contributed by atoms with Gasteiger partial charge in [-0.25, -0.2) is 8.78 Å². The highest BCUT2D eigenvalue weighted by molar-refractivity contribution is 5.84. The van der Waals surface area contributed by atoms with E-state index in [1.54, 1.807) is 0 Å². The van der Waals surface area contributed by atoms with Crippen LogP contribution in [0.2, 0.25) is 0 Å². The van der Waals surface area contributed by atoms with Crippen LogP contribution in [-0.4, -0.2) is 36.2 Å². The molecular weight excluding hydrogens is 262 g/mol. The van der Waals surface area contributed by atoms with Crippen molar-refractivity contribution < 1.29 is 22.4 Å². The van der Waals surface area contributed by atoms with Crippen molar-refractivity contribution in [1.29, 1.82) is 0 Å². The molecule has 0 aromatic heterocycles. The van der Waals surface area contributed by atoms with E-state index in [9.17, 15) is 22.4 Å². The molecule has 0 fully saturated rings. The average molecular weight is 285 g/mol. The van der Waals surface area contributed by atoms with Gasteiger partial charge in [-0.1, -0.05) is 27.7 Å². The molecule has 0 aliphatic carbocycles. The summed E-state index contributed by atoms with van der Waals surface area (Å²) in [5.41, 5.74) is 0. The van der Waals surface area contributed by atoms with Gasteiger partial charge in [0.05, 0.1) is 0 Å². The fourth-order valence-corrected chi connectivity index (χ4v) is 1.45. The second kappa shape index (κ2) is 7.70. The molecule has 0 spiro atoms. The van der Waals surface area contributed by atoms with E-state index < -0.39 is 18.3 Å². The normalized spacial score (nSPS) is 12.6. The van der Waals surface area contributed by atoms with E-state index in [0.29, 0.717) is 12.8 Å². The van der Waals surface area contributed by atoms with Gasteiger partial charge in [-0.15, -0.1) is 0 Å². The molecule has 19 heavy (non-hydrogen) atoms.